The van der Waals surface area contributed by atoms with Gasteiger partial charge in [0.05, 0.1) is 17.2 Å². The van der Waals surface area contributed by atoms with E-state index in [0.29, 0.717) is 5.56 Å². The Balaban J connectivity index is 2.31. The van der Waals surface area contributed by atoms with E-state index in [1.54, 1.807) is 0 Å². The van der Waals surface area contributed by atoms with Crippen LogP contribution < -0.4 is 5.73 Å². The van der Waals surface area contributed by atoms with Crippen LogP contribution in [-0.2, 0) is 0 Å². The molecule has 0 saturated heterocycles. The van der Waals surface area contributed by atoms with Crippen molar-refractivity contribution in [2.75, 3.05) is 0 Å². The summed E-state index contributed by atoms with van der Waals surface area (Å²) in [5, 5.41) is 10.3. The molecule has 106 valence electrons. The first kappa shape index (κ1) is 15.2. The second-order valence-electron chi connectivity index (χ2n) is 4.35. The summed E-state index contributed by atoms with van der Waals surface area (Å²) in [4.78, 5) is 0. The van der Waals surface area contributed by atoms with Crippen LogP contribution in [0.1, 0.15) is 23.3 Å². The van der Waals surface area contributed by atoms with Crippen LogP contribution in [-0.4, -0.2) is 5.11 Å². The molecule has 2 atom stereocenters. The zero-order valence-electron chi connectivity index (χ0n) is 10.2. The van der Waals surface area contributed by atoms with Gasteiger partial charge in [-0.05, 0) is 41.5 Å². The highest BCUT2D eigenvalue weighted by atomic mass is 35.5. The van der Waals surface area contributed by atoms with Crippen molar-refractivity contribution in [1.82, 2.24) is 0 Å². The zero-order valence-corrected chi connectivity index (χ0v) is 11.7. The van der Waals surface area contributed by atoms with E-state index in [9.17, 15) is 13.9 Å². The van der Waals surface area contributed by atoms with Gasteiger partial charge in [-0.25, -0.2) is 8.78 Å². The van der Waals surface area contributed by atoms with Crippen LogP contribution in [0.15, 0.2) is 36.4 Å². The first-order chi connectivity index (χ1) is 9.38. The summed E-state index contributed by atoms with van der Waals surface area (Å²) in [5.74, 6) is -1.22. The Kier molecular flexibility index (Phi) is 4.60. The maximum absolute atomic E-state index is 13.4. The molecule has 0 aromatic heterocycles. The van der Waals surface area contributed by atoms with Gasteiger partial charge in [0.25, 0.3) is 0 Å². The van der Waals surface area contributed by atoms with E-state index in [-0.39, 0.29) is 15.6 Å². The molecular formula is C14H11Cl2F2NO. The Labute approximate surface area is 124 Å². The Bertz CT molecular complexity index is 616. The van der Waals surface area contributed by atoms with Crippen molar-refractivity contribution in [3.8, 4) is 0 Å². The molecule has 0 spiro atoms. The van der Waals surface area contributed by atoms with E-state index in [2.05, 4.69) is 0 Å². The first-order valence-electron chi connectivity index (χ1n) is 5.73. The third kappa shape index (κ3) is 3.27. The summed E-state index contributed by atoms with van der Waals surface area (Å²) in [6.07, 6.45) is -1.22. The summed E-state index contributed by atoms with van der Waals surface area (Å²) in [5.41, 5.74) is 6.43. The minimum Gasteiger partial charge on any atom is -0.386 e. The predicted molar refractivity (Wildman–Crippen MR) is 74.7 cm³/mol. The lowest BCUT2D eigenvalue weighted by Crippen LogP contribution is -2.20. The van der Waals surface area contributed by atoms with Crippen LogP contribution in [0.3, 0.4) is 0 Å². The van der Waals surface area contributed by atoms with Gasteiger partial charge in [0.2, 0.25) is 0 Å². The molecule has 0 fully saturated rings. The number of rotatable bonds is 3. The van der Waals surface area contributed by atoms with Crippen LogP contribution in [0.25, 0.3) is 0 Å². The van der Waals surface area contributed by atoms with E-state index < -0.39 is 23.8 Å². The van der Waals surface area contributed by atoms with Gasteiger partial charge in [0.15, 0.2) is 0 Å². The lowest BCUT2D eigenvalue weighted by Gasteiger charge is -2.20. The van der Waals surface area contributed by atoms with Gasteiger partial charge in [0, 0.05) is 5.02 Å². The quantitative estimate of drug-likeness (QED) is 0.898. The van der Waals surface area contributed by atoms with Gasteiger partial charge < -0.3 is 10.8 Å². The smallest absolute Gasteiger partial charge is 0.142 e. The molecule has 0 saturated carbocycles. The first-order valence-corrected chi connectivity index (χ1v) is 6.48. The largest absolute Gasteiger partial charge is 0.386 e. The van der Waals surface area contributed by atoms with Crippen molar-refractivity contribution < 1.29 is 13.9 Å². The van der Waals surface area contributed by atoms with Crippen LogP contribution in [0.5, 0.6) is 0 Å². The minimum absolute atomic E-state index is 0.0377. The number of halogens is 4. The molecule has 0 bridgehead atoms. The Morgan fingerprint density at radius 3 is 2.30 bits per heavy atom. The number of nitrogens with two attached hydrogens (primary N) is 1. The second-order valence-corrected chi connectivity index (χ2v) is 5.19. The summed E-state index contributed by atoms with van der Waals surface area (Å²) < 4.78 is 26.6. The number of hydrogen-bond donors (Lipinski definition) is 2. The second kappa shape index (κ2) is 6.06. The summed E-state index contributed by atoms with van der Waals surface area (Å²) in [7, 11) is 0. The van der Waals surface area contributed by atoms with Crippen LogP contribution in [0.4, 0.5) is 8.78 Å². The third-order valence-electron chi connectivity index (χ3n) is 2.90. The third-order valence-corrected chi connectivity index (χ3v) is 3.42. The van der Waals surface area contributed by atoms with E-state index in [1.165, 1.54) is 18.2 Å². The number of hydrogen-bond acceptors (Lipinski definition) is 2. The average molecular weight is 318 g/mol. The fraction of sp³-hybridized carbons (Fsp3) is 0.143. The molecule has 6 heteroatoms. The molecule has 2 aromatic rings. The molecule has 0 heterocycles. The number of aliphatic hydroxyl groups excluding tert-OH is 1. The molecule has 2 aromatic carbocycles. The Morgan fingerprint density at radius 1 is 1.00 bits per heavy atom. The lowest BCUT2D eigenvalue weighted by molar-refractivity contribution is 0.146. The van der Waals surface area contributed by atoms with Gasteiger partial charge in [-0.2, -0.15) is 0 Å². The molecule has 3 N–H and O–H groups in total. The highest BCUT2D eigenvalue weighted by molar-refractivity contribution is 6.31. The fourth-order valence-electron chi connectivity index (χ4n) is 1.86. The van der Waals surface area contributed by atoms with Crippen molar-refractivity contribution in [1.29, 1.82) is 0 Å². The highest BCUT2D eigenvalue weighted by Crippen LogP contribution is 2.30. The Hall–Kier alpha value is -1.20. The van der Waals surface area contributed by atoms with Gasteiger partial charge in [-0.15, -0.1) is 0 Å². The zero-order chi connectivity index (χ0) is 14.9. The summed E-state index contributed by atoms with van der Waals surface area (Å²) in [6, 6.07) is 6.70. The maximum Gasteiger partial charge on any atom is 0.142 e. The van der Waals surface area contributed by atoms with E-state index >= 15 is 0 Å². The van der Waals surface area contributed by atoms with Crippen molar-refractivity contribution >= 4 is 23.2 Å². The van der Waals surface area contributed by atoms with Gasteiger partial charge in [-0.1, -0.05) is 29.3 Å². The molecule has 20 heavy (non-hydrogen) atoms. The molecule has 0 amide bonds. The minimum atomic E-state index is -1.22. The topological polar surface area (TPSA) is 46.2 Å². The molecule has 0 aliphatic carbocycles. The van der Waals surface area contributed by atoms with Gasteiger partial charge in [0.1, 0.15) is 11.6 Å². The van der Waals surface area contributed by atoms with Crippen molar-refractivity contribution in [2.45, 2.75) is 12.1 Å². The summed E-state index contributed by atoms with van der Waals surface area (Å²) >= 11 is 11.3. The van der Waals surface area contributed by atoms with E-state index in [4.69, 9.17) is 28.9 Å². The summed E-state index contributed by atoms with van der Waals surface area (Å²) in [6.45, 7) is 0. The van der Waals surface area contributed by atoms with Crippen LogP contribution in [0, 0.1) is 11.6 Å². The highest BCUT2D eigenvalue weighted by Gasteiger charge is 2.20. The molecule has 2 nitrogen and oxygen atoms in total. The van der Waals surface area contributed by atoms with Crippen molar-refractivity contribution in [3.05, 3.63) is 69.2 Å². The fourth-order valence-corrected chi connectivity index (χ4v) is 2.20. The average Bonchev–Trinajstić information content (AvgIpc) is 2.39. The molecular weight excluding hydrogens is 307 g/mol. The maximum atomic E-state index is 13.4. The SMILES string of the molecule is N[C@H](c1ccc(Cl)c(F)c1)[C@H](O)c1cc(F)cc(Cl)c1. The Morgan fingerprint density at radius 2 is 1.70 bits per heavy atom. The molecule has 0 radical (unpaired) electrons. The van der Waals surface area contributed by atoms with Crippen molar-refractivity contribution in [2.24, 2.45) is 5.73 Å². The number of aliphatic hydroxyl groups is 1. The van der Waals surface area contributed by atoms with Crippen molar-refractivity contribution in [3.63, 3.8) is 0 Å². The number of benzene rings is 2. The predicted octanol–water partition coefficient (Wildman–Crippen LogP) is 4.01. The molecule has 0 aliphatic heterocycles. The van der Waals surface area contributed by atoms with Gasteiger partial charge >= 0.3 is 0 Å². The molecule has 0 unspecified atom stereocenters. The molecule has 2 rings (SSSR count). The van der Waals surface area contributed by atoms with E-state index in [0.717, 1.165) is 18.2 Å². The van der Waals surface area contributed by atoms with Crippen LogP contribution >= 0.6 is 23.2 Å². The van der Waals surface area contributed by atoms with E-state index in [1.807, 2.05) is 0 Å². The van der Waals surface area contributed by atoms with Gasteiger partial charge in [-0.3, -0.25) is 0 Å². The monoisotopic (exact) mass is 317 g/mol. The normalized spacial score (nSPS) is 14.1. The molecule has 0 aliphatic rings. The van der Waals surface area contributed by atoms with Crippen LogP contribution in [0.2, 0.25) is 10.0 Å². The lowest BCUT2D eigenvalue weighted by atomic mass is 9.96. The standard InChI is InChI=1S/C14H11Cl2F2NO/c15-9-3-8(4-10(17)6-9)14(20)13(19)7-1-2-11(16)12(18)5-7/h1-6,13-14,20H,19H2/t13-,14-/m1/s1.